The Morgan fingerprint density at radius 2 is 1.80 bits per heavy atom. The van der Waals surface area contributed by atoms with Crippen molar-refractivity contribution in [2.24, 2.45) is 0 Å². The van der Waals surface area contributed by atoms with Gasteiger partial charge in [0.25, 0.3) is 0 Å². The summed E-state index contributed by atoms with van der Waals surface area (Å²) in [6.45, 7) is 0. The summed E-state index contributed by atoms with van der Waals surface area (Å²) in [5.41, 5.74) is 1.84. The molecule has 0 aliphatic heterocycles. The summed E-state index contributed by atoms with van der Waals surface area (Å²) in [4.78, 5) is 16.5. The number of nitrogens with zero attached hydrogens (tertiary/aromatic N) is 1. The van der Waals surface area contributed by atoms with Crippen LogP contribution in [0.25, 0.3) is 0 Å². The van der Waals surface area contributed by atoms with Crippen LogP contribution in [0.3, 0.4) is 0 Å². The van der Waals surface area contributed by atoms with Gasteiger partial charge >= 0.3 is 0 Å². The van der Waals surface area contributed by atoms with E-state index in [1.54, 1.807) is 30.8 Å². The number of nitrogens with one attached hydrogen (secondary N) is 1. The zero-order chi connectivity index (χ0) is 17.6. The van der Waals surface area contributed by atoms with Gasteiger partial charge in [0.05, 0.1) is 7.11 Å². The summed E-state index contributed by atoms with van der Waals surface area (Å²) in [6.07, 6.45) is 1.87. The number of amides is 1. The molecule has 1 amide bonds. The van der Waals surface area contributed by atoms with E-state index in [-0.39, 0.29) is 24.1 Å². The highest BCUT2D eigenvalue weighted by Gasteiger charge is 2.19. The predicted octanol–water partition coefficient (Wildman–Crippen LogP) is 4.45. The van der Waals surface area contributed by atoms with Crippen LogP contribution < -0.4 is 10.1 Å². The second-order valence-electron chi connectivity index (χ2n) is 5.47. The zero-order valence-electron chi connectivity index (χ0n) is 13.6. The Labute approximate surface area is 149 Å². The van der Waals surface area contributed by atoms with E-state index < -0.39 is 0 Å². The Kier molecular flexibility index (Phi) is 5.40. The minimum Gasteiger partial charge on any atom is -0.497 e. The molecule has 4 nitrogen and oxygen atoms in total. The highest BCUT2D eigenvalue weighted by Crippen LogP contribution is 2.30. The van der Waals surface area contributed by atoms with Crippen molar-refractivity contribution in [2.75, 3.05) is 12.4 Å². The molecule has 1 aromatic heterocycles. The molecule has 0 saturated carbocycles. The van der Waals surface area contributed by atoms with Gasteiger partial charge in [-0.2, -0.15) is 0 Å². The number of anilines is 1. The Bertz CT molecular complexity index is 818. The molecule has 3 rings (SSSR count). The Balaban J connectivity index is 1.85. The van der Waals surface area contributed by atoms with Gasteiger partial charge in [0, 0.05) is 23.9 Å². The molecule has 0 fully saturated rings. The van der Waals surface area contributed by atoms with E-state index >= 15 is 0 Å². The number of halogens is 1. The van der Waals surface area contributed by atoms with Crippen LogP contribution in [-0.2, 0) is 4.79 Å². The standard InChI is InChI=1S/C19H17FN2O2S/c1-24-16-8-4-14(5-9-16)17(13-2-6-15(20)7-3-13)12-18(23)22-19-21-10-11-25-19/h2-11,17H,12H2,1H3,(H,21,22,23). The summed E-state index contributed by atoms with van der Waals surface area (Å²) in [7, 11) is 1.61. The summed E-state index contributed by atoms with van der Waals surface area (Å²) in [5, 5.41) is 5.16. The Hall–Kier alpha value is -2.73. The molecular formula is C19H17FN2O2S. The molecule has 3 aromatic rings. The van der Waals surface area contributed by atoms with E-state index in [0.29, 0.717) is 5.13 Å². The number of aromatic nitrogens is 1. The summed E-state index contributed by atoms with van der Waals surface area (Å²) in [6, 6.07) is 13.8. The van der Waals surface area contributed by atoms with Crippen molar-refractivity contribution in [1.82, 2.24) is 4.98 Å². The van der Waals surface area contributed by atoms with Gasteiger partial charge in [-0.15, -0.1) is 11.3 Å². The number of ether oxygens (including phenoxy) is 1. The van der Waals surface area contributed by atoms with Crippen molar-refractivity contribution in [1.29, 1.82) is 0 Å². The van der Waals surface area contributed by atoms with Crippen LogP contribution in [0.2, 0.25) is 0 Å². The monoisotopic (exact) mass is 356 g/mol. The fourth-order valence-corrected chi connectivity index (χ4v) is 3.15. The first kappa shape index (κ1) is 17.1. The molecule has 6 heteroatoms. The Morgan fingerprint density at radius 3 is 2.36 bits per heavy atom. The van der Waals surface area contributed by atoms with Crippen LogP contribution in [-0.4, -0.2) is 18.0 Å². The second-order valence-corrected chi connectivity index (χ2v) is 6.36. The first-order valence-electron chi connectivity index (χ1n) is 7.74. The van der Waals surface area contributed by atoms with Gasteiger partial charge in [-0.05, 0) is 35.4 Å². The molecular weight excluding hydrogens is 339 g/mol. The Morgan fingerprint density at radius 1 is 1.16 bits per heavy atom. The lowest BCUT2D eigenvalue weighted by atomic mass is 9.88. The molecule has 0 spiro atoms. The van der Waals surface area contributed by atoms with Gasteiger partial charge in [0.1, 0.15) is 11.6 Å². The normalized spacial score (nSPS) is 11.8. The quantitative estimate of drug-likeness (QED) is 0.710. The number of methoxy groups -OCH3 is 1. The highest BCUT2D eigenvalue weighted by atomic mass is 32.1. The molecule has 128 valence electrons. The third kappa shape index (κ3) is 4.42. The third-order valence-electron chi connectivity index (χ3n) is 3.86. The van der Waals surface area contributed by atoms with Crippen molar-refractivity contribution in [3.63, 3.8) is 0 Å². The first-order chi connectivity index (χ1) is 12.2. The van der Waals surface area contributed by atoms with Crippen LogP contribution in [0.1, 0.15) is 23.5 Å². The second kappa shape index (κ2) is 7.90. The van der Waals surface area contributed by atoms with Gasteiger partial charge in [-0.3, -0.25) is 4.79 Å². The first-order valence-corrected chi connectivity index (χ1v) is 8.62. The number of hydrogen-bond donors (Lipinski definition) is 1. The molecule has 0 radical (unpaired) electrons. The predicted molar refractivity (Wildman–Crippen MR) is 96.6 cm³/mol. The van der Waals surface area contributed by atoms with Crippen LogP contribution in [0.4, 0.5) is 9.52 Å². The van der Waals surface area contributed by atoms with Gasteiger partial charge in [0.2, 0.25) is 5.91 Å². The highest BCUT2D eigenvalue weighted by molar-refractivity contribution is 7.13. The SMILES string of the molecule is COc1ccc(C(CC(=O)Nc2nccs2)c2ccc(F)cc2)cc1. The van der Waals surface area contributed by atoms with Gasteiger partial charge in [0.15, 0.2) is 5.13 Å². The number of benzene rings is 2. The van der Waals surface area contributed by atoms with E-state index in [9.17, 15) is 9.18 Å². The van der Waals surface area contributed by atoms with Gasteiger partial charge in [-0.1, -0.05) is 24.3 Å². The van der Waals surface area contributed by atoms with E-state index in [1.807, 2.05) is 24.3 Å². The fraction of sp³-hybridized carbons (Fsp3) is 0.158. The molecule has 0 bridgehead atoms. The van der Waals surface area contributed by atoms with E-state index in [4.69, 9.17) is 4.74 Å². The summed E-state index contributed by atoms with van der Waals surface area (Å²) in [5.74, 6) is 0.116. The van der Waals surface area contributed by atoms with Crippen molar-refractivity contribution in [3.05, 3.63) is 77.1 Å². The minimum atomic E-state index is -0.301. The minimum absolute atomic E-state index is 0.139. The molecule has 1 N–H and O–H groups in total. The lowest BCUT2D eigenvalue weighted by Gasteiger charge is -2.18. The van der Waals surface area contributed by atoms with Crippen LogP contribution >= 0.6 is 11.3 Å². The molecule has 0 aliphatic rings. The van der Waals surface area contributed by atoms with Crippen molar-refractivity contribution in [3.8, 4) is 5.75 Å². The molecule has 1 unspecified atom stereocenters. The molecule has 0 aliphatic carbocycles. The summed E-state index contributed by atoms with van der Waals surface area (Å²) >= 11 is 1.37. The molecule has 1 heterocycles. The lowest BCUT2D eigenvalue weighted by molar-refractivity contribution is -0.116. The third-order valence-corrected chi connectivity index (χ3v) is 4.55. The number of hydrogen-bond acceptors (Lipinski definition) is 4. The number of thiazole rings is 1. The van der Waals surface area contributed by atoms with Crippen molar-refractivity contribution < 1.29 is 13.9 Å². The van der Waals surface area contributed by atoms with Crippen molar-refractivity contribution >= 4 is 22.4 Å². The van der Waals surface area contributed by atoms with Crippen LogP contribution in [0, 0.1) is 5.82 Å². The van der Waals surface area contributed by atoms with E-state index in [1.165, 1.54) is 23.5 Å². The molecule has 1 atom stereocenters. The van der Waals surface area contributed by atoms with Crippen molar-refractivity contribution in [2.45, 2.75) is 12.3 Å². The summed E-state index contributed by atoms with van der Waals surface area (Å²) < 4.78 is 18.4. The maximum Gasteiger partial charge on any atom is 0.227 e. The fourth-order valence-electron chi connectivity index (χ4n) is 2.60. The smallest absolute Gasteiger partial charge is 0.227 e. The number of carbonyl (C=O) groups excluding carboxylic acids is 1. The molecule has 2 aromatic carbocycles. The largest absolute Gasteiger partial charge is 0.497 e. The van der Waals surface area contributed by atoms with Gasteiger partial charge in [-0.25, -0.2) is 9.37 Å². The molecule has 0 saturated heterocycles. The average Bonchev–Trinajstić information content (AvgIpc) is 3.14. The van der Waals surface area contributed by atoms with Crippen LogP contribution in [0.5, 0.6) is 5.75 Å². The maximum atomic E-state index is 13.3. The van der Waals surface area contributed by atoms with E-state index in [0.717, 1.165) is 16.9 Å². The number of rotatable bonds is 6. The van der Waals surface area contributed by atoms with E-state index in [2.05, 4.69) is 10.3 Å². The molecule has 25 heavy (non-hydrogen) atoms. The van der Waals surface area contributed by atoms with Gasteiger partial charge < -0.3 is 10.1 Å². The zero-order valence-corrected chi connectivity index (χ0v) is 14.4. The number of carbonyl (C=O) groups is 1. The average molecular weight is 356 g/mol. The topological polar surface area (TPSA) is 51.2 Å². The lowest BCUT2D eigenvalue weighted by Crippen LogP contribution is -2.16. The maximum absolute atomic E-state index is 13.3. The van der Waals surface area contributed by atoms with Crippen LogP contribution in [0.15, 0.2) is 60.1 Å².